The van der Waals surface area contributed by atoms with E-state index in [9.17, 15) is 4.79 Å². The predicted molar refractivity (Wildman–Crippen MR) is 68.7 cm³/mol. The molecule has 0 aliphatic heterocycles. The molecule has 2 aromatic rings. The number of aromatic nitrogens is 2. The summed E-state index contributed by atoms with van der Waals surface area (Å²) in [6.45, 7) is 2.29. The lowest BCUT2D eigenvalue weighted by Crippen LogP contribution is -2.23. The second-order valence-electron chi connectivity index (χ2n) is 3.93. The Balaban J connectivity index is 2.04. The summed E-state index contributed by atoms with van der Waals surface area (Å²) in [5.74, 6) is 5.19. The van der Waals surface area contributed by atoms with E-state index in [-0.39, 0.29) is 5.91 Å². The van der Waals surface area contributed by atoms with Crippen molar-refractivity contribution < 1.29 is 4.79 Å². The highest BCUT2D eigenvalue weighted by Crippen LogP contribution is 2.14. The molecular weight excluding hydrogens is 230 g/mol. The number of aryl methyl sites for hydroxylation is 1. The number of H-pyrrole nitrogens is 1. The molecule has 0 atom stereocenters. The molecule has 2 rings (SSSR count). The van der Waals surface area contributed by atoms with Crippen LogP contribution in [0.2, 0.25) is 0 Å². The first-order valence-corrected chi connectivity index (χ1v) is 5.53. The maximum Gasteiger partial charge on any atom is 0.251 e. The third-order valence-corrected chi connectivity index (χ3v) is 2.63. The number of amides is 1. The SMILES string of the molecule is Cc1cc(NN)ccc1C(=O)NCc1cnc[nH]1. The normalized spacial score (nSPS) is 10.1. The first-order chi connectivity index (χ1) is 8.70. The number of nitrogens with zero attached hydrogens (tertiary/aromatic N) is 1. The van der Waals surface area contributed by atoms with Crippen molar-refractivity contribution >= 4 is 11.6 Å². The second-order valence-corrected chi connectivity index (χ2v) is 3.93. The van der Waals surface area contributed by atoms with Crippen molar-refractivity contribution in [2.24, 2.45) is 5.84 Å². The fourth-order valence-corrected chi connectivity index (χ4v) is 1.66. The van der Waals surface area contributed by atoms with Gasteiger partial charge in [-0.2, -0.15) is 0 Å². The van der Waals surface area contributed by atoms with E-state index in [0.717, 1.165) is 16.9 Å². The molecule has 0 aliphatic rings. The van der Waals surface area contributed by atoms with Crippen LogP contribution in [-0.2, 0) is 6.54 Å². The van der Waals surface area contributed by atoms with Crippen molar-refractivity contribution in [3.05, 3.63) is 47.5 Å². The third kappa shape index (κ3) is 2.67. The Morgan fingerprint density at radius 2 is 2.33 bits per heavy atom. The predicted octanol–water partition coefficient (Wildman–Crippen LogP) is 0.934. The van der Waals surface area contributed by atoms with Gasteiger partial charge in [0.2, 0.25) is 0 Å². The van der Waals surface area contributed by atoms with Crippen LogP contribution in [0.15, 0.2) is 30.7 Å². The standard InChI is InChI=1S/C12H15N5O/c1-8-4-9(17-13)2-3-11(8)12(18)15-6-10-5-14-7-16-10/h2-5,7,17H,6,13H2,1H3,(H,14,16)(H,15,18). The number of nitrogens with one attached hydrogen (secondary N) is 3. The van der Waals surface area contributed by atoms with Gasteiger partial charge in [0.15, 0.2) is 0 Å². The molecule has 0 bridgehead atoms. The summed E-state index contributed by atoms with van der Waals surface area (Å²) >= 11 is 0. The average Bonchev–Trinajstić information content (AvgIpc) is 2.88. The highest BCUT2D eigenvalue weighted by molar-refractivity contribution is 5.95. The highest BCUT2D eigenvalue weighted by Gasteiger charge is 2.09. The van der Waals surface area contributed by atoms with Crippen LogP contribution in [0.4, 0.5) is 5.69 Å². The number of hydrogen-bond acceptors (Lipinski definition) is 4. The molecule has 0 spiro atoms. The zero-order valence-corrected chi connectivity index (χ0v) is 10.0. The number of carbonyl (C=O) groups is 1. The second kappa shape index (κ2) is 5.33. The molecule has 0 aliphatic carbocycles. The zero-order valence-electron chi connectivity index (χ0n) is 10.0. The van der Waals surface area contributed by atoms with Gasteiger partial charge in [0.05, 0.1) is 18.6 Å². The van der Waals surface area contributed by atoms with Crippen molar-refractivity contribution in [3.63, 3.8) is 0 Å². The van der Waals surface area contributed by atoms with Gasteiger partial charge in [0, 0.05) is 17.4 Å². The van der Waals surface area contributed by atoms with Crippen molar-refractivity contribution in [2.45, 2.75) is 13.5 Å². The molecule has 5 N–H and O–H groups in total. The van der Waals surface area contributed by atoms with Crippen molar-refractivity contribution in [1.29, 1.82) is 0 Å². The van der Waals surface area contributed by atoms with Crippen LogP contribution in [0.5, 0.6) is 0 Å². The fourth-order valence-electron chi connectivity index (χ4n) is 1.66. The molecular formula is C12H15N5O. The number of aromatic amines is 1. The summed E-state index contributed by atoms with van der Waals surface area (Å²) in [4.78, 5) is 18.8. The largest absolute Gasteiger partial charge is 0.347 e. The number of hydrazine groups is 1. The van der Waals surface area contributed by atoms with Crippen molar-refractivity contribution in [1.82, 2.24) is 15.3 Å². The summed E-state index contributed by atoms with van der Waals surface area (Å²) < 4.78 is 0. The Morgan fingerprint density at radius 1 is 1.50 bits per heavy atom. The number of nitrogens with two attached hydrogens (primary N) is 1. The lowest BCUT2D eigenvalue weighted by Gasteiger charge is -2.08. The van der Waals surface area contributed by atoms with Crippen LogP contribution in [-0.4, -0.2) is 15.9 Å². The van der Waals surface area contributed by atoms with Gasteiger partial charge in [-0.15, -0.1) is 0 Å². The topological polar surface area (TPSA) is 95.8 Å². The minimum atomic E-state index is -0.120. The van der Waals surface area contributed by atoms with Crippen molar-refractivity contribution in [2.75, 3.05) is 5.43 Å². The first kappa shape index (κ1) is 12.1. The van der Waals surface area contributed by atoms with Crippen LogP contribution >= 0.6 is 0 Å². The Morgan fingerprint density at radius 3 is 2.94 bits per heavy atom. The smallest absolute Gasteiger partial charge is 0.251 e. The van der Waals surface area contributed by atoms with Crippen LogP contribution in [0.25, 0.3) is 0 Å². The van der Waals surface area contributed by atoms with Gasteiger partial charge < -0.3 is 15.7 Å². The van der Waals surface area contributed by atoms with Gasteiger partial charge in [0.1, 0.15) is 0 Å². The number of carbonyl (C=O) groups excluding carboxylic acids is 1. The molecule has 1 amide bonds. The van der Waals surface area contributed by atoms with E-state index in [0.29, 0.717) is 12.1 Å². The Bertz CT molecular complexity index is 535. The minimum absolute atomic E-state index is 0.120. The van der Waals surface area contributed by atoms with E-state index in [4.69, 9.17) is 5.84 Å². The van der Waals surface area contributed by atoms with Crippen LogP contribution < -0.4 is 16.6 Å². The highest BCUT2D eigenvalue weighted by atomic mass is 16.1. The molecule has 1 heterocycles. The van der Waals surface area contributed by atoms with E-state index in [2.05, 4.69) is 20.7 Å². The monoisotopic (exact) mass is 245 g/mol. The summed E-state index contributed by atoms with van der Waals surface area (Å²) in [5, 5.41) is 2.82. The van der Waals surface area contributed by atoms with Gasteiger partial charge in [-0.05, 0) is 30.7 Å². The molecule has 0 radical (unpaired) electrons. The quantitative estimate of drug-likeness (QED) is 0.476. The Kier molecular flexibility index (Phi) is 3.59. The molecule has 1 aromatic heterocycles. The lowest BCUT2D eigenvalue weighted by molar-refractivity contribution is 0.0950. The molecule has 0 fully saturated rings. The maximum atomic E-state index is 12.0. The van der Waals surface area contributed by atoms with E-state index in [1.165, 1.54) is 0 Å². The van der Waals surface area contributed by atoms with E-state index < -0.39 is 0 Å². The molecule has 6 heteroatoms. The first-order valence-electron chi connectivity index (χ1n) is 5.53. The molecule has 1 aromatic carbocycles. The molecule has 94 valence electrons. The van der Waals surface area contributed by atoms with Gasteiger partial charge in [-0.3, -0.25) is 10.6 Å². The van der Waals surface area contributed by atoms with Gasteiger partial charge in [0.25, 0.3) is 5.91 Å². The number of hydrogen-bond donors (Lipinski definition) is 4. The molecule has 0 unspecified atom stereocenters. The summed E-state index contributed by atoms with van der Waals surface area (Å²) in [6.07, 6.45) is 3.25. The van der Waals surface area contributed by atoms with Gasteiger partial charge in [-0.1, -0.05) is 0 Å². The number of nitrogen functional groups attached to an aromatic ring is 1. The van der Waals surface area contributed by atoms with Gasteiger partial charge in [-0.25, -0.2) is 4.98 Å². The van der Waals surface area contributed by atoms with Gasteiger partial charge >= 0.3 is 0 Å². The van der Waals surface area contributed by atoms with Crippen molar-refractivity contribution in [3.8, 4) is 0 Å². The average molecular weight is 245 g/mol. The number of benzene rings is 1. The number of imidazole rings is 1. The molecule has 0 saturated heterocycles. The molecule has 0 saturated carbocycles. The third-order valence-electron chi connectivity index (χ3n) is 2.63. The lowest BCUT2D eigenvalue weighted by atomic mass is 10.1. The molecule has 6 nitrogen and oxygen atoms in total. The molecule has 18 heavy (non-hydrogen) atoms. The fraction of sp³-hybridized carbons (Fsp3) is 0.167. The zero-order chi connectivity index (χ0) is 13.0. The maximum absolute atomic E-state index is 12.0. The van der Waals surface area contributed by atoms with E-state index in [1.54, 1.807) is 24.7 Å². The van der Waals surface area contributed by atoms with E-state index >= 15 is 0 Å². The Hall–Kier alpha value is -2.34. The summed E-state index contributed by atoms with van der Waals surface area (Å²) in [6, 6.07) is 5.33. The van der Waals surface area contributed by atoms with Crippen LogP contribution in [0.3, 0.4) is 0 Å². The van der Waals surface area contributed by atoms with Crippen LogP contribution in [0, 0.1) is 6.92 Å². The minimum Gasteiger partial charge on any atom is -0.347 e. The summed E-state index contributed by atoms with van der Waals surface area (Å²) in [7, 11) is 0. The van der Waals surface area contributed by atoms with Crippen LogP contribution in [0.1, 0.15) is 21.6 Å². The van der Waals surface area contributed by atoms with E-state index in [1.807, 2.05) is 13.0 Å². The summed E-state index contributed by atoms with van der Waals surface area (Å²) in [5.41, 5.74) is 5.68. The number of anilines is 1. The Labute approximate surface area is 105 Å². The number of rotatable bonds is 4.